The lowest BCUT2D eigenvalue weighted by atomic mass is 9.91. The number of carbonyl (C=O) groups excluding carboxylic acids is 3. The van der Waals surface area contributed by atoms with Crippen LogP contribution in [0.4, 0.5) is 23.7 Å². The molecule has 1 atom stereocenters. The predicted molar refractivity (Wildman–Crippen MR) is 162 cm³/mol. The highest BCUT2D eigenvalue weighted by atomic mass is 35.5. The molecule has 0 radical (unpaired) electrons. The topological polar surface area (TPSA) is 96.4 Å². The van der Waals surface area contributed by atoms with E-state index in [1.54, 1.807) is 14.7 Å². The summed E-state index contributed by atoms with van der Waals surface area (Å²) in [6.45, 7) is 2.31. The number of rotatable bonds is 7. The summed E-state index contributed by atoms with van der Waals surface area (Å²) in [5, 5.41) is 16.3. The number of urea groups is 1. The van der Waals surface area contributed by atoms with Gasteiger partial charge in [-0.2, -0.15) is 13.2 Å². The summed E-state index contributed by atoms with van der Waals surface area (Å²) in [5.74, 6) is -2.50. The fraction of sp³-hybridized carbons (Fsp3) is 0.567. The lowest BCUT2D eigenvalue weighted by Gasteiger charge is -2.40. The number of nitrogens with zero attached hydrogens (tertiary/aromatic N) is 4. The van der Waals surface area contributed by atoms with Gasteiger partial charge in [0.25, 0.3) is 0 Å². The number of phenols is 1. The Balaban J connectivity index is 1.28. The third kappa shape index (κ3) is 7.10. The molecule has 1 aromatic carbocycles. The smallest absolute Gasteiger partial charge is 0.420 e. The molecule has 5 rings (SSSR count). The molecule has 4 amide bonds. The number of amides is 4. The Morgan fingerprint density at radius 3 is 2.39 bits per heavy atom. The highest BCUT2D eigenvalue weighted by Crippen LogP contribution is 2.41. The molecule has 44 heavy (non-hydrogen) atoms. The summed E-state index contributed by atoms with van der Waals surface area (Å²) < 4.78 is 40.8. The Labute approximate surface area is 263 Å². The number of aromatic hydroxyl groups is 1. The van der Waals surface area contributed by atoms with E-state index < -0.39 is 28.4 Å². The van der Waals surface area contributed by atoms with Crippen molar-refractivity contribution in [2.75, 3.05) is 45.6 Å². The third-order valence-electron chi connectivity index (χ3n) is 9.03. The van der Waals surface area contributed by atoms with Gasteiger partial charge in [-0.25, -0.2) is 4.79 Å². The number of nitrogens with one attached hydrogen (secondary N) is 1. The number of hydrogen-bond donors (Lipinski definition) is 2. The number of thiophene rings is 1. The number of halogens is 4. The maximum absolute atomic E-state index is 13.8. The van der Waals surface area contributed by atoms with E-state index in [1.807, 2.05) is 24.9 Å². The zero-order valence-corrected chi connectivity index (χ0v) is 26.3. The lowest BCUT2D eigenvalue weighted by Crippen LogP contribution is -2.51. The molecule has 4 heterocycles. The van der Waals surface area contributed by atoms with E-state index in [1.165, 1.54) is 17.4 Å². The second-order valence-corrected chi connectivity index (χ2v) is 13.2. The van der Waals surface area contributed by atoms with Gasteiger partial charge in [0.1, 0.15) is 5.75 Å². The molecule has 9 nitrogen and oxygen atoms in total. The van der Waals surface area contributed by atoms with E-state index >= 15 is 0 Å². The SMILES string of the molecule is CN(C)C1CCN(C(=O)[C@H](CC(=O)N2CCC(N3Cc4cscc4NC3=O)CC2)Cc2cc(Cl)c(O)c(C(F)(F)F)c2)CC1. The maximum Gasteiger partial charge on any atom is 0.420 e. The number of benzene rings is 1. The molecule has 3 aliphatic rings. The van der Waals surface area contributed by atoms with Gasteiger partial charge in [0.15, 0.2) is 0 Å². The molecular weight excluding hydrogens is 619 g/mol. The lowest BCUT2D eigenvalue weighted by molar-refractivity contribution is -0.143. The van der Waals surface area contributed by atoms with Crippen LogP contribution in [0.5, 0.6) is 5.75 Å². The van der Waals surface area contributed by atoms with Crippen molar-refractivity contribution >= 4 is 46.5 Å². The van der Waals surface area contributed by atoms with Crippen molar-refractivity contribution < 1.29 is 32.7 Å². The van der Waals surface area contributed by atoms with E-state index in [-0.39, 0.29) is 42.3 Å². The van der Waals surface area contributed by atoms with Crippen molar-refractivity contribution in [3.63, 3.8) is 0 Å². The van der Waals surface area contributed by atoms with Crippen LogP contribution in [0, 0.1) is 5.92 Å². The van der Waals surface area contributed by atoms with Crippen LogP contribution in [-0.2, 0) is 28.7 Å². The number of piperidine rings is 2. The van der Waals surface area contributed by atoms with Gasteiger partial charge >= 0.3 is 12.2 Å². The highest BCUT2D eigenvalue weighted by Gasteiger charge is 2.38. The molecule has 3 aliphatic heterocycles. The molecule has 1 aromatic heterocycles. The zero-order chi connectivity index (χ0) is 31.8. The largest absolute Gasteiger partial charge is 0.506 e. The molecule has 0 saturated carbocycles. The Morgan fingerprint density at radius 1 is 1.09 bits per heavy atom. The number of anilines is 1. The Bertz CT molecular complexity index is 1390. The standard InChI is InChI=1S/C30H37ClF3N5O4S/c1-36(2)21-3-9-38(10-4-21)28(42)19(11-18-12-23(30(32,33)34)27(41)24(31)13-18)14-26(40)37-7-5-22(6-8-37)39-15-20-16-44-17-25(20)35-29(39)43/h12-13,16-17,19,21-22,41H,3-11,14-15H2,1-2H3,(H,35,43)/t19-/m0/s1. The predicted octanol–water partition coefficient (Wildman–Crippen LogP) is 5.27. The van der Waals surface area contributed by atoms with Crippen LogP contribution in [0.2, 0.25) is 5.02 Å². The van der Waals surface area contributed by atoms with E-state index in [0.29, 0.717) is 51.6 Å². The fourth-order valence-corrected chi connectivity index (χ4v) is 7.46. The first-order chi connectivity index (χ1) is 20.8. The van der Waals surface area contributed by atoms with E-state index in [9.17, 15) is 32.7 Å². The quantitative estimate of drug-likeness (QED) is 0.424. The molecular formula is C30H37ClF3N5O4S. The first-order valence-corrected chi connectivity index (χ1v) is 16.1. The number of phenolic OH excluding ortho intramolecular Hbond substituents is 1. The van der Waals surface area contributed by atoms with Crippen molar-refractivity contribution in [1.29, 1.82) is 0 Å². The van der Waals surface area contributed by atoms with Gasteiger partial charge in [0.2, 0.25) is 11.8 Å². The molecule has 0 aliphatic carbocycles. The van der Waals surface area contributed by atoms with Crippen molar-refractivity contribution in [3.05, 3.63) is 44.6 Å². The summed E-state index contributed by atoms with van der Waals surface area (Å²) in [5.41, 5.74) is 0.745. The van der Waals surface area contributed by atoms with Crippen molar-refractivity contribution in [1.82, 2.24) is 19.6 Å². The molecule has 240 valence electrons. The summed E-state index contributed by atoms with van der Waals surface area (Å²) in [4.78, 5) is 47.3. The zero-order valence-electron chi connectivity index (χ0n) is 24.7. The van der Waals surface area contributed by atoms with Gasteiger partial charge < -0.3 is 30.0 Å². The third-order valence-corrected chi connectivity index (χ3v) is 10.1. The van der Waals surface area contributed by atoms with Crippen molar-refractivity contribution in [3.8, 4) is 5.75 Å². The summed E-state index contributed by atoms with van der Waals surface area (Å²) in [7, 11) is 3.97. The molecule has 0 spiro atoms. The van der Waals surface area contributed by atoms with Gasteiger partial charge in [-0.1, -0.05) is 11.6 Å². The van der Waals surface area contributed by atoms with Gasteiger partial charge in [-0.3, -0.25) is 9.59 Å². The van der Waals surface area contributed by atoms with Crippen LogP contribution in [-0.4, -0.2) is 94.9 Å². The first kappa shape index (κ1) is 32.4. The minimum Gasteiger partial charge on any atom is -0.506 e. The summed E-state index contributed by atoms with van der Waals surface area (Å²) in [6.07, 6.45) is -2.46. The first-order valence-electron chi connectivity index (χ1n) is 14.8. The molecule has 14 heteroatoms. The van der Waals surface area contributed by atoms with Crippen LogP contribution >= 0.6 is 22.9 Å². The molecule has 2 N–H and O–H groups in total. The number of fused-ring (bicyclic) bond motifs is 1. The Morgan fingerprint density at radius 2 is 1.75 bits per heavy atom. The average Bonchev–Trinajstić information content (AvgIpc) is 3.44. The summed E-state index contributed by atoms with van der Waals surface area (Å²) >= 11 is 7.49. The normalized spacial score (nSPS) is 19.2. The Kier molecular flexibility index (Phi) is 9.66. The second kappa shape index (κ2) is 13.1. The van der Waals surface area contributed by atoms with Crippen molar-refractivity contribution in [2.24, 2.45) is 5.92 Å². The number of alkyl halides is 3. The number of likely N-dealkylation sites (tertiary alicyclic amines) is 2. The molecule has 2 aromatic rings. The average molecular weight is 656 g/mol. The van der Waals surface area contributed by atoms with Gasteiger partial charge in [0, 0.05) is 55.6 Å². The fourth-order valence-electron chi connectivity index (χ4n) is 6.44. The van der Waals surface area contributed by atoms with Crippen LogP contribution in [0.25, 0.3) is 0 Å². The van der Waals surface area contributed by atoms with Crippen LogP contribution in [0.15, 0.2) is 22.9 Å². The van der Waals surface area contributed by atoms with Crippen LogP contribution in [0.3, 0.4) is 0 Å². The van der Waals surface area contributed by atoms with Gasteiger partial charge in [-0.05, 0) is 69.3 Å². The highest BCUT2D eigenvalue weighted by molar-refractivity contribution is 7.08. The molecule has 2 saturated heterocycles. The van der Waals surface area contributed by atoms with Gasteiger partial charge in [0.05, 0.1) is 28.7 Å². The summed E-state index contributed by atoms with van der Waals surface area (Å²) in [6, 6.07) is 2.15. The minimum atomic E-state index is -4.84. The molecule has 0 bridgehead atoms. The second-order valence-electron chi connectivity index (χ2n) is 12.1. The van der Waals surface area contributed by atoms with Gasteiger partial charge in [-0.15, -0.1) is 11.3 Å². The Hall–Kier alpha value is -3.03. The minimum absolute atomic E-state index is 0.0394. The van der Waals surface area contributed by atoms with Crippen LogP contribution < -0.4 is 5.32 Å². The number of hydrogen-bond acceptors (Lipinski definition) is 6. The maximum atomic E-state index is 13.8. The van der Waals surface area contributed by atoms with E-state index in [0.717, 1.165) is 30.2 Å². The van der Waals surface area contributed by atoms with Crippen LogP contribution in [0.1, 0.15) is 48.8 Å². The van der Waals surface area contributed by atoms with E-state index in [2.05, 4.69) is 10.2 Å². The molecule has 2 fully saturated rings. The molecule has 0 unspecified atom stereocenters. The number of carbonyl (C=O) groups is 3. The monoisotopic (exact) mass is 655 g/mol. The van der Waals surface area contributed by atoms with E-state index in [4.69, 9.17) is 11.6 Å². The van der Waals surface area contributed by atoms with Crippen molar-refractivity contribution in [2.45, 2.75) is 63.3 Å².